The van der Waals surface area contributed by atoms with E-state index in [4.69, 9.17) is 0 Å². The van der Waals surface area contributed by atoms with E-state index in [2.05, 4.69) is 4.72 Å². The predicted octanol–water partition coefficient (Wildman–Crippen LogP) is 2.82. The Morgan fingerprint density at radius 1 is 1.04 bits per heavy atom. The highest BCUT2D eigenvalue weighted by Gasteiger charge is 2.23. The first kappa shape index (κ1) is 20.1. The smallest absolute Gasteiger partial charge is 0.207 e. The van der Waals surface area contributed by atoms with Gasteiger partial charge >= 0.3 is 0 Å². The molecule has 0 saturated heterocycles. The van der Waals surface area contributed by atoms with Gasteiger partial charge in [-0.15, -0.1) is 11.3 Å². The summed E-state index contributed by atoms with van der Waals surface area (Å²) in [4.78, 5) is 0.202. The van der Waals surface area contributed by atoms with E-state index in [0.717, 1.165) is 11.3 Å². The lowest BCUT2D eigenvalue weighted by Crippen LogP contribution is -2.30. The molecule has 0 spiro atoms. The third-order valence-electron chi connectivity index (χ3n) is 3.82. The second-order valence-corrected chi connectivity index (χ2v) is 10.3. The topological polar surface area (TPSA) is 83.6 Å². The van der Waals surface area contributed by atoms with Crippen LogP contribution in [0.15, 0.2) is 50.9 Å². The minimum atomic E-state index is -3.58. The zero-order valence-electron chi connectivity index (χ0n) is 14.3. The van der Waals surface area contributed by atoms with Crippen LogP contribution in [-0.4, -0.2) is 34.2 Å². The van der Waals surface area contributed by atoms with Gasteiger partial charge in [0, 0.05) is 19.1 Å². The van der Waals surface area contributed by atoms with Crippen molar-refractivity contribution in [3.63, 3.8) is 0 Å². The molecule has 2 aromatic rings. The Morgan fingerprint density at radius 2 is 1.64 bits per heavy atom. The van der Waals surface area contributed by atoms with Crippen molar-refractivity contribution in [2.24, 2.45) is 0 Å². The highest BCUT2D eigenvalue weighted by molar-refractivity contribution is 7.91. The van der Waals surface area contributed by atoms with E-state index in [1.54, 1.807) is 50.4 Å². The zero-order valence-corrected chi connectivity index (χ0v) is 16.8. The SMILES string of the molecule is CCN(CC)S(=O)(=O)c1ccc([C@H](C)NS(=O)(=O)c2cccs2)cc1. The first-order valence-corrected chi connectivity index (χ1v) is 11.7. The molecule has 0 saturated carbocycles. The molecule has 0 aliphatic rings. The molecule has 0 radical (unpaired) electrons. The average Bonchev–Trinajstić information content (AvgIpc) is 3.11. The van der Waals surface area contributed by atoms with Gasteiger partial charge in [-0.1, -0.05) is 32.0 Å². The number of hydrogen-bond donors (Lipinski definition) is 1. The quantitative estimate of drug-likeness (QED) is 0.736. The fraction of sp³-hybridized carbons (Fsp3) is 0.375. The third-order valence-corrected chi connectivity index (χ3v) is 8.82. The van der Waals surface area contributed by atoms with Gasteiger partial charge in [-0.2, -0.15) is 4.31 Å². The Labute approximate surface area is 153 Å². The van der Waals surface area contributed by atoms with Gasteiger partial charge in [0.05, 0.1) is 4.90 Å². The summed E-state index contributed by atoms with van der Waals surface area (Å²) in [5.74, 6) is 0. The van der Waals surface area contributed by atoms with Crippen LogP contribution in [0.2, 0.25) is 0 Å². The van der Waals surface area contributed by atoms with Crippen molar-refractivity contribution >= 4 is 31.4 Å². The highest BCUT2D eigenvalue weighted by atomic mass is 32.2. The van der Waals surface area contributed by atoms with Crippen LogP contribution in [0.3, 0.4) is 0 Å². The Hall–Kier alpha value is -1.26. The summed E-state index contributed by atoms with van der Waals surface area (Å²) in [6.45, 7) is 6.10. The van der Waals surface area contributed by atoms with Crippen LogP contribution in [-0.2, 0) is 20.0 Å². The van der Waals surface area contributed by atoms with Gasteiger partial charge in [0.1, 0.15) is 4.21 Å². The molecule has 1 atom stereocenters. The molecule has 0 bridgehead atoms. The predicted molar refractivity (Wildman–Crippen MR) is 99.6 cm³/mol. The van der Waals surface area contributed by atoms with Crippen molar-refractivity contribution in [1.29, 1.82) is 0 Å². The van der Waals surface area contributed by atoms with Crippen molar-refractivity contribution < 1.29 is 16.8 Å². The minimum Gasteiger partial charge on any atom is -0.207 e. The summed E-state index contributed by atoms with van der Waals surface area (Å²) in [5, 5.41) is 1.70. The second kappa shape index (κ2) is 7.96. The first-order chi connectivity index (χ1) is 11.7. The largest absolute Gasteiger partial charge is 0.250 e. The van der Waals surface area contributed by atoms with Crippen LogP contribution in [0.25, 0.3) is 0 Å². The Kier molecular flexibility index (Phi) is 6.39. The van der Waals surface area contributed by atoms with Gasteiger partial charge in [0.25, 0.3) is 10.0 Å². The van der Waals surface area contributed by atoms with Crippen LogP contribution in [0.4, 0.5) is 0 Å². The molecule has 2 rings (SSSR count). The van der Waals surface area contributed by atoms with E-state index in [1.165, 1.54) is 16.4 Å². The average molecular weight is 403 g/mol. The summed E-state index contributed by atoms with van der Waals surface area (Å²) in [6, 6.07) is 9.04. The van der Waals surface area contributed by atoms with Crippen molar-refractivity contribution in [2.75, 3.05) is 13.1 Å². The molecule has 0 aliphatic carbocycles. The molecule has 1 N–H and O–H groups in total. The number of hydrogen-bond acceptors (Lipinski definition) is 5. The molecule has 0 fully saturated rings. The van der Waals surface area contributed by atoms with Crippen LogP contribution in [0.1, 0.15) is 32.4 Å². The molecule has 0 aliphatic heterocycles. The standard InChI is InChI=1S/C16H22N2O4S3/c1-4-18(5-2)25(21,22)15-10-8-14(9-11-15)13(3)17-24(19,20)16-7-6-12-23-16/h6-13,17H,4-5H2,1-3H3/t13-/m0/s1. The maximum absolute atomic E-state index is 12.5. The molecule has 0 unspecified atom stereocenters. The van der Waals surface area contributed by atoms with E-state index >= 15 is 0 Å². The molecule has 1 heterocycles. The van der Waals surface area contributed by atoms with Gasteiger partial charge in [0.2, 0.25) is 10.0 Å². The molecule has 25 heavy (non-hydrogen) atoms. The fourth-order valence-corrected chi connectivity index (χ4v) is 6.12. The second-order valence-electron chi connectivity index (χ2n) is 5.43. The van der Waals surface area contributed by atoms with Crippen LogP contribution in [0.5, 0.6) is 0 Å². The van der Waals surface area contributed by atoms with Gasteiger partial charge in [0.15, 0.2) is 0 Å². The molecule has 6 nitrogen and oxygen atoms in total. The number of thiophene rings is 1. The summed E-state index contributed by atoms with van der Waals surface area (Å²) in [5.41, 5.74) is 0.693. The van der Waals surface area contributed by atoms with Crippen LogP contribution in [0, 0.1) is 0 Å². The normalized spacial score (nSPS) is 13.9. The Balaban J connectivity index is 2.20. The molecule has 0 amide bonds. The first-order valence-electron chi connectivity index (χ1n) is 7.88. The third kappa shape index (κ3) is 4.48. The highest BCUT2D eigenvalue weighted by Crippen LogP contribution is 2.22. The molecule has 1 aromatic heterocycles. The van der Waals surface area contributed by atoms with E-state index < -0.39 is 26.1 Å². The Morgan fingerprint density at radius 3 is 2.12 bits per heavy atom. The van der Waals surface area contributed by atoms with Crippen molar-refractivity contribution in [2.45, 2.75) is 35.9 Å². The Bertz CT molecular complexity index is 885. The molecule has 9 heteroatoms. The van der Waals surface area contributed by atoms with Gasteiger partial charge in [-0.05, 0) is 36.1 Å². The van der Waals surface area contributed by atoms with Crippen LogP contribution >= 0.6 is 11.3 Å². The molecular weight excluding hydrogens is 380 g/mol. The fourth-order valence-electron chi connectivity index (χ4n) is 2.42. The number of sulfonamides is 2. The summed E-state index contributed by atoms with van der Waals surface area (Å²) < 4.78 is 53.7. The van der Waals surface area contributed by atoms with Crippen molar-refractivity contribution in [3.8, 4) is 0 Å². The van der Waals surface area contributed by atoms with Gasteiger partial charge in [-0.25, -0.2) is 21.6 Å². The number of rotatable bonds is 8. The monoisotopic (exact) mass is 402 g/mol. The summed E-state index contributed by atoms with van der Waals surface area (Å²) in [7, 11) is -7.10. The lowest BCUT2D eigenvalue weighted by molar-refractivity contribution is 0.445. The van der Waals surface area contributed by atoms with Crippen LogP contribution < -0.4 is 4.72 Å². The van der Waals surface area contributed by atoms with E-state index in [-0.39, 0.29) is 9.10 Å². The molecule has 1 aromatic carbocycles. The molecule has 138 valence electrons. The lowest BCUT2D eigenvalue weighted by atomic mass is 10.1. The van der Waals surface area contributed by atoms with E-state index in [0.29, 0.717) is 18.7 Å². The maximum Gasteiger partial charge on any atom is 0.250 e. The minimum absolute atomic E-state index is 0.202. The number of nitrogens with zero attached hydrogens (tertiary/aromatic N) is 1. The zero-order chi connectivity index (χ0) is 18.7. The number of benzene rings is 1. The van der Waals surface area contributed by atoms with Gasteiger partial charge < -0.3 is 0 Å². The van der Waals surface area contributed by atoms with Crippen molar-refractivity contribution in [1.82, 2.24) is 9.03 Å². The summed E-state index contributed by atoms with van der Waals surface area (Å²) in [6.07, 6.45) is 0. The molecular formula is C16H22N2O4S3. The number of nitrogens with one attached hydrogen (secondary N) is 1. The summed E-state index contributed by atoms with van der Waals surface area (Å²) >= 11 is 1.15. The van der Waals surface area contributed by atoms with Crippen molar-refractivity contribution in [3.05, 3.63) is 47.3 Å². The lowest BCUT2D eigenvalue weighted by Gasteiger charge is -2.19. The van der Waals surface area contributed by atoms with E-state index in [1.807, 2.05) is 0 Å². The maximum atomic E-state index is 12.5. The van der Waals surface area contributed by atoms with E-state index in [9.17, 15) is 16.8 Å². The van der Waals surface area contributed by atoms with Gasteiger partial charge in [-0.3, -0.25) is 0 Å².